The van der Waals surface area contributed by atoms with Crippen molar-refractivity contribution >= 4 is 40.1 Å². The van der Waals surface area contributed by atoms with E-state index in [4.69, 9.17) is 22.5 Å². The molecule has 0 bridgehead atoms. The second-order valence-corrected chi connectivity index (χ2v) is 8.57. The number of carbonyl (C=O) groups is 1. The second-order valence-electron chi connectivity index (χ2n) is 8.16. The van der Waals surface area contributed by atoms with Gasteiger partial charge in [-0.3, -0.25) is 4.79 Å². The lowest BCUT2D eigenvalue weighted by molar-refractivity contribution is -0.252. The molecular formula is C24H32ClN7O5. The summed E-state index contributed by atoms with van der Waals surface area (Å²) in [6.45, 7) is 4.20. The number of nitrogens with two attached hydrogens (primary N) is 1. The van der Waals surface area contributed by atoms with Crippen molar-refractivity contribution in [2.45, 2.75) is 19.9 Å². The zero-order chi connectivity index (χ0) is 26.9. The van der Waals surface area contributed by atoms with Crippen LogP contribution in [0.15, 0.2) is 41.7 Å². The van der Waals surface area contributed by atoms with Gasteiger partial charge in [0.25, 0.3) is 6.48 Å². The molecule has 3 aromatic rings. The Kier molecular flexibility index (Phi) is 10.0. The number of carbonyl (C=O) groups excluding carboxylic acids is 1. The quantitative estimate of drug-likeness (QED) is 0.153. The van der Waals surface area contributed by atoms with Crippen LogP contribution in [0.1, 0.15) is 11.3 Å². The predicted molar refractivity (Wildman–Crippen MR) is 140 cm³/mol. The van der Waals surface area contributed by atoms with E-state index in [1.165, 1.54) is 26.0 Å². The van der Waals surface area contributed by atoms with Crippen molar-refractivity contribution in [1.82, 2.24) is 19.7 Å². The number of oxime groups is 1. The summed E-state index contributed by atoms with van der Waals surface area (Å²) in [4.78, 5) is 21.3. The zero-order valence-corrected chi connectivity index (χ0v) is 22.1. The van der Waals surface area contributed by atoms with Crippen LogP contribution < -0.4 is 10.6 Å². The Balaban J connectivity index is 0.000000479. The number of hydrogen-bond donors (Lipinski definition) is 2. The Labute approximate surface area is 220 Å². The monoisotopic (exact) mass is 533 g/mol. The number of amidine groups is 1. The first-order chi connectivity index (χ1) is 17.8. The molecule has 1 aliphatic rings. The van der Waals surface area contributed by atoms with Crippen LogP contribution in [-0.2, 0) is 25.5 Å². The minimum absolute atomic E-state index is 0.0340. The summed E-state index contributed by atoms with van der Waals surface area (Å²) in [6, 6.07) is 9.48. The molecule has 37 heavy (non-hydrogen) atoms. The number of fused-ring (bicyclic) bond motifs is 1. The molecule has 1 aliphatic heterocycles. The molecule has 13 heteroatoms. The summed E-state index contributed by atoms with van der Waals surface area (Å²) < 4.78 is 15.3. The van der Waals surface area contributed by atoms with E-state index in [0.29, 0.717) is 29.8 Å². The van der Waals surface area contributed by atoms with Gasteiger partial charge in [0.1, 0.15) is 12.2 Å². The Morgan fingerprint density at radius 1 is 1.16 bits per heavy atom. The SMILES string of the molecule is COC(OC)OC.Cc1cc(N2CCN(C(=O)Cn3nc(/C(N)=N\O)c4cccnc43)CC2)ccc1Cl. The van der Waals surface area contributed by atoms with Crippen LogP contribution in [0.2, 0.25) is 5.02 Å². The maximum Gasteiger partial charge on any atom is 0.270 e. The van der Waals surface area contributed by atoms with Gasteiger partial charge < -0.3 is 35.0 Å². The van der Waals surface area contributed by atoms with Crippen molar-refractivity contribution in [2.75, 3.05) is 52.4 Å². The van der Waals surface area contributed by atoms with Crippen LogP contribution in [0.25, 0.3) is 11.0 Å². The highest BCUT2D eigenvalue weighted by atomic mass is 35.5. The first-order valence-electron chi connectivity index (χ1n) is 11.5. The van der Waals surface area contributed by atoms with Crippen LogP contribution in [0.4, 0.5) is 5.69 Å². The van der Waals surface area contributed by atoms with Crippen molar-refractivity contribution in [3.8, 4) is 0 Å². The molecule has 0 spiro atoms. The summed E-state index contributed by atoms with van der Waals surface area (Å²) in [7, 11) is 4.53. The van der Waals surface area contributed by atoms with E-state index < -0.39 is 6.48 Å². The third kappa shape index (κ3) is 6.86. The van der Waals surface area contributed by atoms with Gasteiger partial charge >= 0.3 is 0 Å². The highest BCUT2D eigenvalue weighted by Gasteiger charge is 2.24. The standard InChI is InChI=1S/C20H22ClN7O2.C4H10O3/c1-13-11-14(4-5-16(13)21)26-7-9-27(10-8-26)17(29)12-28-20-15(3-2-6-23-20)18(24-28)19(22)25-30;1-5-4(6-2)7-3/h2-6,11,30H,7-10,12H2,1H3,(H2,22,25);4H,1-3H3. The lowest BCUT2D eigenvalue weighted by atomic mass is 10.2. The third-order valence-electron chi connectivity index (χ3n) is 5.86. The lowest BCUT2D eigenvalue weighted by Gasteiger charge is -2.36. The van der Waals surface area contributed by atoms with Gasteiger partial charge in [-0.15, -0.1) is 0 Å². The highest BCUT2D eigenvalue weighted by molar-refractivity contribution is 6.31. The van der Waals surface area contributed by atoms with Gasteiger partial charge in [0.05, 0.1) is 5.39 Å². The van der Waals surface area contributed by atoms with Crippen LogP contribution in [0.3, 0.4) is 0 Å². The molecule has 3 N–H and O–H groups in total. The molecule has 4 rings (SSSR count). The summed E-state index contributed by atoms with van der Waals surface area (Å²) >= 11 is 6.12. The van der Waals surface area contributed by atoms with Gasteiger partial charge in [-0.05, 0) is 42.8 Å². The van der Waals surface area contributed by atoms with Gasteiger partial charge in [-0.25, -0.2) is 9.67 Å². The van der Waals surface area contributed by atoms with Gasteiger partial charge in [-0.2, -0.15) is 5.10 Å². The summed E-state index contributed by atoms with van der Waals surface area (Å²) in [5.74, 6) is -0.172. The van der Waals surface area contributed by atoms with Crippen molar-refractivity contribution in [2.24, 2.45) is 10.9 Å². The molecule has 0 atom stereocenters. The molecule has 3 heterocycles. The van der Waals surface area contributed by atoms with E-state index in [9.17, 15) is 4.79 Å². The molecular weight excluding hydrogens is 502 g/mol. The lowest BCUT2D eigenvalue weighted by Crippen LogP contribution is -2.49. The average molecular weight is 534 g/mol. The number of halogens is 1. The Bertz CT molecular complexity index is 1220. The fourth-order valence-corrected chi connectivity index (χ4v) is 4.03. The van der Waals surface area contributed by atoms with Crippen molar-refractivity contribution in [3.63, 3.8) is 0 Å². The molecule has 1 fully saturated rings. The second kappa shape index (κ2) is 13.2. The van der Waals surface area contributed by atoms with Gasteiger partial charge in [-0.1, -0.05) is 16.8 Å². The Morgan fingerprint density at radius 2 is 1.84 bits per heavy atom. The number of aromatic nitrogens is 3. The molecule has 0 radical (unpaired) electrons. The van der Waals surface area contributed by atoms with Crippen LogP contribution >= 0.6 is 11.6 Å². The molecule has 1 aromatic carbocycles. The normalized spacial score (nSPS) is 14.2. The number of amides is 1. The number of pyridine rings is 1. The maximum absolute atomic E-state index is 12.9. The van der Waals surface area contributed by atoms with E-state index >= 15 is 0 Å². The number of rotatable bonds is 7. The van der Waals surface area contributed by atoms with Gasteiger partial charge in [0, 0.05) is 64.4 Å². The van der Waals surface area contributed by atoms with E-state index in [0.717, 1.165) is 29.4 Å². The van der Waals surface area contributed by atoms with Crippen molar-refractivity contribution < 1.29 is 24.2 Å². The number of nitrogens with zero attached hydrogens (tertiary/aromatic N) is 6. The number of anilines is 1. The van der Waals surface area contributed by atoms with Crippen LogP contribution in [0, 0.1) is 6.92 Å². The van der Waals surface area contributed by atoms with E-state index in [2.05, 4.69) is 40.4 Å². The van der Waals surface area contributed by atoms with Gasteiger partial charge in [0.15, 0.2) is 11.5 Å². The average Bonchev–Trinajstić information content (AvgIpc) is 3.29. The molecule has 12 nitrogen and oxygen atoms in total. The summed E-state index contributed by atoms with van der Waals surface area (Å²) in [5, 5.41) is 17.7. The zero-order valence-electron chi connectivity index (χ0n) is 21.3. The molecule has 200 valence electrons. The fraction of sp³-hybridized carbons (Fsp3) is 0.417. The predicted octanol–water partition coefficient (Wildman–Crippen LogP) is 2.05. The number of benzene rings is 1. The molecule has 0 saturated carbocycles. The topological polar surface area (TPSA) is 141 Å². The summed E-state index contributed by atoms with van der Waals surface area (Å²) in [5.41, 5.74) is 8.68. The number of methoxy groups -OCH3 is 3. The van der Waals surface area contributed by atoms with Gasteiger partial charge in [0.2, 0.25) is 5.91 Å². The minimum atomic E-state index is -0.514. The van der Waals surface area contributed by atoms with Crippen molar-refractivity contribution in [3.05, 3.63) is 52.8 Å². The van der Waals surface area contributed by atoms with Crippen molar-refractivity contribution in [1.29, 1.82) is 0 Å². The largest absolute Gasteiger partial charge is 0.409 e. The highest BCUT2D eigenvalue weighted by Crippen LogP contribution is 2.23. The number of hydrogen-bond acceptors (Lipinski definition) is 9. The molecule has 0 unspecified atom stereocenters. The molecule has 1 saturated heterocycles. The fourth-order valence-electron chi connectivity index (χ4n) is 3.91. The van der Waals surface area contributed by atoms with E-state index in [1.807, 2.05) is 24.0 Å². The number of ether oxygens (including phenoxy) is 3. The number of aryl methyl sites for hydroxylation is 1. The number of piperazine rings is 1. The molecule has 2 aromatic heterocycles. The van der Waals surface area contributed by atoms with E-state index in [-0.39, 0.29) is 18.3 Å². The smallest absolute Gasteiger partial charge is 0.270 e. The Hall–Kier alpha value is -3.45. The van der Waals surface area contributed by atoms with Crippen LogP contribution in [0.5, 0.6) is 0 Å². The van der Waals surface area contributed by atoms with Crippen LogP contribution in [-0.4, -0.2) is 90.6 Å². The maximum atomic E-state index is 12.9. The Morgan fingerprint density at radius 3 is 2.41 bits per heavy atom. The first-order valence-corrected chi connectivity index (χ1v) is 11.9. The minimum Gasteiger partial charge on any atom is -0.409 e. The summed E-state index contributed by atoms with van der Waals surface area (Å²) in [6.07, 6.45) is 1.62. The molecule has 0 aliphatic carbocycles. The van der Waals surface area contributed by atoms with E-state index in [1.54, 1.807) is 18.3 Å². The third-order valence-corrected chi connectivity index (χ3v) is 6.28. The first kappa shape index (κ1) is 28.1. The molecule has 1 amide bonds.